The average molecular weight is 297 g/mol. The fourth-order valence-corrected chi connectivity index (χ4v) is 2.11. The maximum Gasteiger partial charge on any atom is 0.316 e. The highest BCUT2D eigenvalue weighted by Crippen LogP contribution is 2.11. The number of amides is 1. The molecule has 5 nitrogen and oxygen atoms in total. The lowest BCUT2D eigenvalue weighted by Gasteiger charge is -2.08. The number of nitrogens with one attached hydrogen (secondary N) is 1. The Kier molecular flexibility index (Phi) is 6.93. The number of hydrogen-bond donors (Lipinski definition) is 2. The van der Waals surface area contributed by atoms with Crippen LogP contribution in [0.3, 0.4) is 0 Å². The predicted octanol–water partition coefficient (Wildman–Crippen LogP) is 1.56. The summed E-state index contributed by atoms with van der Waals surface area (Å²) in [6.07, 6.45) is 0.731. The number of carboxylic acid groups (broad SMARTS) is 1. The minimum atomic E-state index is -0.902. The summed E-state index contributed by atoms with van der Waals surface area (Å²) in [7, 11) is 1.62. The van der Waals surface area contributed by atoms with E-state index in [1.807, 2.05) is 24.3 Å². The van der Waals surface area contributed by atoms with Gasteiger partial charge in [-0.3, -0.25) is 9.59 Å². The van der Waals surface area contributed by atoms with E-state index in [4.69, 9.17) is 9.84 Å². The molecule has 0 spiro atoms. The topological polar surface area (TPSA) is 75.6 Å². The summed E-state index contributed by atoms with van der Waals surface area (Å²) in [6.45, 7) is 2.10. The monoisotopic (exact) mass is 297 g/mol. The van der Waals surface area contributed by atoms with Crippen molar-refractivity contribution >= 4 is 23.6 Å². The van der Waals surface area contributed by atoms with Gasteiger partial charge in [0.15, 0.2) is 0 Å². The number of aliphatic carboxylic acids is 1. The van der Waals surface area contributed by atoms with Crippen LogP contribution in [0.25, 0.3) is 0 Å². The van der Waals surface area contributed by atoms with Crippen LogP contribution in [0, 0.1) is 0 Å². The van der Waals surface area contributed by atoms with Gasteiger partial charge in [0.05, 0.1) is 18.1 Å². The molecule has 110 valence electrons. The molecule has 1 amide bonds. The zero-order valence-electron chi connectivity index (χ0n) is 11.6. The summed E-state index contributed by atoms with van der Waals surface area (Å²) in [4.78, 5) is 22.1. The van der Waals surface area contributed by atoms with Gasteiger partial charge in [-0.2, -0.15) is 0 Å². The number of carbonyl (C=O) groups excluding carboxylic acids is 1. The van der Waals surface area contributed by atoms with Crippen LogP contribution in [-0.2, 0) is 16.0 Å². The van der Waals surface area contributed by atoms with E-state index in [1.54, 1.807) is 14.0 Å². The molecule has 0 heterocycles. The van der Waals surface area contributed by atoms with Crippen LogP contribution < -0.4 is 10.1 Å². The first-order valence-corrected chi connectivity index (χ1v) is 7.32. The third-order valence-corrected chi connectivity index (χ3v) is 3.84. The van der Waals surface area contributed by atoms with E-state index in [1.165, 1.54) is 0 Å². The third-order valence-electron chi connectivity index (χ3n) is 2.71. The average Bonchev–Trinajstić information content (AvgIpc) is 2.45. The Labute approximate surface area is 122 Å². The molecule has 0 saturated carbocycles. The van der Waals surface area contributed by atoms with Crippen LogP contribution >= 0.6 is 11.8 Å². The lowest BCUT2D eigenvalue weighted by Crippen LogP contribution is -2.28. The Hall–Kier alpha value is -1.69. The summed E-state index contributed by atoms with van der Waals surface area (Å²) in [5, 5.41) is 10.9. The zero-order valence-corrected chi connectivity index (χ0v) is 12.4. The lowest BCUT2D eigenvalue weighted by molar-refractivity contribution is -0.136. The van der Waals surface area contributed by atoms with Crippen molar-refractivity contribution < 1.29 is 19.4 Å². The van der Waals surface area contributed by atoms with Crippen molar-refractivity contribution in [2.24, 2.45) is 0 Å². The lowest BCUT2D eigenvalue weighted by atomic mass is 10.1. The highest BCUT2D eigenvalue weighted by Gasteiger charge is 2.13. The SMILES string of the molecule is COc1ccc(CCNC(=O)CS[C@@H](C)C(=O)O)cc1. The fourth-order valence-electron chi connectivity index (χ4n) is 1.46. The van der Waals surface area contributed by atoms with Crippen LogP contribution in [0.15, 0.2) is 24.3 Å². The van der Waals surface area contributed by atoms with Gasteiger partial charge in [0.1, 0.15) is 5.75 Å². The summed E-state index contributed by atoms with van der Waals surface area (Å²) < 4.78 is 5.07. The van der Waals surface area contributed by atoms with E-state index < -0.39 is 11.2 Å². The van der Waals surface area contributed by atoms with Crippen molar-refractivity contribution in [2.75, 3.05) is 19.4 Å². The zero-order chi connectivity index (χ0) is 15.0. The molecule has 0 aliphatic heterocycles. The number of hydrogen-bond acceptors (Lipinski definition) is 4. The quantitative estimate of drug-likeness (QED) is 0.761. The van der Waals surface area contributed by atoms with Gasteiger partial charge in [-0.25, -0.2) is 0 Å². The highest BCUT2D eigenvalue weighted by atomic mass is 32.2. The van der Waals surface area contributed by atoms with Gasteiger partial charge in [0.25, 0.3) is 0 Å². The van der Waals surface area contributed by atoms with Gasteiger partial charge in [-0.1, -0.05) is 12.1 Å². The van der Waals surface area contributed by atoms with E-state index in [-0.39, 0.29) is 11.7 Å². The molecule has 1 aromatic carbocycles. The largest absolute Gasteiger partial charge is 0.497 e. The molecule has 0 bridgehead atoms. The number of benzene rings is 1. The van der Waals surface area contributed by atoms with Gasteiger partial charge >= 0.3 is 5.97 Å². The second kappa shape index (κ2) is 8.47. The maximum atomic E-state index is 11.5. The molecule has 1 rings (SSSR count). The van der Waals surface area contributed by atoms with E-state index >= 15 is 0 Å². The Bertz CT molecular complexity index is 447. The van der Waals surface area contributed by atoms with E-state index in [2.05, 4.69) is 5.32 Å². The second-order valence-electron chi connectivity index (χ2n) is 4.24. The second-order valence-corrected chi connectivity index (χ2v) is 5.57. The van der Waals surface area contributed by atoms with Crippen molar-refractivity contribution in [3.8, 4) is 5.75 Å². The van der Waals surface area contributed by atoms with Gasteiger partial charge < -0.3 is 15.2 Å². The Morgan fingerprint density at radius 2 is 2.00 bits per heavy atom. The van der Waals surface area contributed by atoms with Crippen LogP contribution in [0.1, 0.15) is 12.5 Å². The summed E-state index contributed by atoms with van der Waals surface area (Å²) in [5.41, 5.74) is 1.11. The Morgan fingerprint density at radius 1 is 1.35 bits per heavy atom. The molecule has 0 aliphatic carbocycles. The van der Waals surface area contributed by atoms with Crippen LogP contribution in [0.5, 0.6) is 5.75 Å². The molecule has 0 unspecified atom stereocenters. The first kappa shape index (κ1) is 16.4. The minimum Gasteiger partial charge on any atom is -0.497 e. The van der Waals surface area contributed by atoms with Crippen LogP contribution in [0.4, 0.5) is 0 Å². The molecule has 0 aliphatic rings. The third kappa shape index (κ3) is 5.97. The molecular formula is C14H19NO4S. The maximum absolute atomic E-state index is 11.5. The molecule has 1 atom stereocenters. The highest BCUT2D eigenvalue weighted by molar-refractivity contribution is 8.01. The molecule has 0 fully saturated rings. The van der Waals surface area contributed by atoms with Crippen LogP contribution in [-0.4, -0.2) is 41.6 Å². The molecule has 20 heavy (non-hydrogen) atoms. The van der Waals surface area contributed by atoms with Crippen molar-refractivity contribution in [2.45, 2.75) is 18.6 Å². The summed E-state index contributed by atoms with van der Waals surface area (Å²) in [6, 6.07) is 7.65. The van der Waals surface area contributed by atoms with E-state index in [0.29, 0.717) is 6.54 Å². The fraction of sp³-hybridized carbons (Fsp3) is 0.429. The number of carboxylic acids is 1. The molecule has 0 saturated heterocycles. The summed E-state index contributed by atoms with van der Waals surface area (Å²) >= 11 is 1.12. The van der Waals surface area contributed by atoms with Crippen molar-refractivity contribution in [3.63, 3.8) is 0 Å². The molecule has 0 aromatic heterocycles. The number of methoxy groups -OCH3 is 1. The molecule has 6 heteroatoms. The van der Waals surface area contributed by atoms with Gasteiger partial charge in [0, 0.05) is 6.54 Å². The Balaban J connectivity index is 2.22. The van der Waals surface area contributed by atoms with Crippen molar-refractivity contribution in [3.05, 3.63) is 29.8 Å². The summed E-state index contributed by atoms with van der Waals surface area (Å²) in [5.74, 6) is -0.0784. The number of ether oxygens (including phenoxy) is 1. The van der Waals surface area contributed by atoms with Crippen LogP contribution in [0.2, 0.25) is 0 Å². The first-order chi connectivity index (χ1) is 9.52. The number of rotatable bonds is 8. The minimum absolute atomic E-state index is 0.142. The van der Waals surface area contributed by atoms with Crippen molar-refractivity contribution in [1.29, 1.82) is 0 Å². The molecule has 1 aromatic rings. The van der Waals surface area contributed by atoms with E-state index in [0.717, 1.165) is 29.5 Å². The normalized spacial score (nSPS) is 11.7. The molecule has 0 radical (unpaired) electrons. The number of carbonyl (C=O) groups is 2. The first-order valence-electron chi connectivity index (χ1n) is 6.27. The van der Waals surface area contributed by atoms with Gasteiger partial charge in [-0.05, 0) is 31.0 Å². The Morgan fingerprint density at radius 3 is 2.55 bits per heavy atom. The smallest absolute Gasteiger partial charge is 0.316 e. The predicted molar refractivity (Wildman–Crippen MR) is 79.3 cm³/mol. The van der Waals surface area contributed by atoms with Crippen molar-refractivity contribution in [1.82, 2.24) is 5.32 Å². The van der Waals surface area contributed by atoms with Gasteiger partial charge in [0.2, 0.25) is 5.91 Å². The molecule has 2 N–H and O–H groups in total. The number of thioether (sulfide) groups is 1. The standard InChI is InChI=1S/C14H19NO4S/c1-10(14(17)18)20-9-13(16)15-8-7-11-3-5-12(19-2)6-4-11/h3-6,10H,7-9H2,1-2H3,(H,15,16)(H,17,18)/t10-/m0/s1. The van der Waals surface area contributed by atoms with Gasteiger partial charge in [-0.15, -0.1) is 11.8 Å². The molecular weight excluding hydrogens is 278 g/mol. The van der Waals surface area contributed by atoms with E-state index in [9.17, 15) is 9.59 Å².